The Morgan fingerprint density at radius 3 is 2.85 bits per heavy atom. The van der Waals surface area contributed by atoms with E-state index in [0.29, 0.717) is 15.9 Å². The van der Waals surface area contributed by atoms with E-state index in [1.54, 1.807) is 53.3 Å². The van der Waals surface area contributed by atoms with Gasteiger partial charge in [-0.3, -0.25) is 4.79 Å². The molecule has 0 aromatic carbocycles. The van der Waals surface area contributed by atoms with Gasteiger partial charge in [0.05, 0.1) is 11.1 Å². The van der Waals surface area contributed by atoms with Gasteiger partial charge in [-0.05, 0) is 18.2 Å². The molecule has 1 amide bonds. The number of halogens is 1. The minimum absolute atomic E-state index is 0.0156. The first-order valence-electron chi connectivity index (χ1n) is 7.66. The van der Waals surface area contributed by atoms with E-state index in [-0.39, 0.29) is 12.2 Å². The molecule has 0 saturated heterocycles. The number of rotatable bonds is 4. The summed E-state index contributed by atoms with van der Waals surface area (Å²) < 4.78 is 3.50. The van der Waals surface area contributed by atoms with E-state index < -0.39 is 11.8 Å². The lowest BCUT2D eigenvalue weighted by atomic mass is 10.4. The van der Waals surface area contributed by atoms with Gasteiger partial charge in [0.2, 0.25) is 5.69 Å². The highest BCUT2D eigenvalue weighted by atomic mass is 35.5. The van der Waals surface area contributed by atoms with Gasteiger partial charge in [0, 0.05) is 18.5 Å². The van der Waals surface area contributed by atoms with Gasteiger partial charge in [-0.1, -0.05) is 23.7 Å². The zero-order valence-corrected chi connectivity index (χ0v) is 14.9. The first-order chi connectivity index (χ1) is 12.6. The first kappa shape index (κ1) is 16.5. The number of thiazole rings is 1. The molecule has 0 aliphatic rings. The summed E-state index contributed by atoms with van der Waals surface area (Å²) in [5.41, 5.74) is 0.620. The van der Waals surface area contributed by atoms with Crippen LogP contribution in [0.25, 0.3) is 5.65 Å². The Morgan fingerprint density at radius 2 is 2.12 bits per heavy atom. The zero-order valence-electron chi connectivity index (χ0n) is 13.3. The molecule has 4 rings (SSSR count). The maximum Gasteiger partial charge on any atom is 0.300 e. The number of aromatic nitrogens is 4. The number of amides is 1. The Bertz CT molecular complexity index is 1090. The number of nitrogens with zero attached hydrogens (tertiary/aromatic N) is 4. The number of anilines is 1. The average molecular weight is 386 g/mol. The molecular formula is C17H12ClN5O2S. The van der Waals surface area contributed by atoms with Crippen molar-refractivity contribution in [3.05, 3.63) is 70.0 Å². The number of fused-ring (bicyclic) bond motifs is 1. The number of hydrogen-bond acceptors (Lipinski definition) is 5. The Hall–Kier alpha value is -2.97. The number of carbonyl (C=O) groups is 1. The van der Waals surface area contributed by atoms with E-state index in [2.05, 4.69) is 15.3 Å². The van der Waals surface area contributed by atoms with Gasteiger partial charge < -0.3 is 10.4 Å². The van der Waals surface area contributed by atoms with Gasteiger partial charge in [-0.15, -0.1) is 11.3 Å². The summed E-state index contributed by atoms with van der Waals surface area (Å²) in [7, 11) is 0. The van der Waals surface area contributed by atoms with Gasteiger partial charge in [-0.25, -0.2) is 14.5 Å². The van der Waals surface area contributed by atoms with Crippen molar-refractivity contribution in [2.75, 3.05) is 5.32 Å². The van der Waals surface area contributed by atoms with Crippen LogP contribution in [-0.4, -0.2) is 20.3 Å². The second-order valence-electron chi connectivity index (χ2n) is 5.42. The molecule has 0 unspecified atom stereocenters. The van der Waals surface area contributed by atoms with E-state index in [9.17, 15) is 9.90 Å². The van der Waals surface area contributed by atoms with Crippen LogP contribution in [0.5, 0.6) is 5.88 Å². The molecule has 0 saturated carbocycles. The Morgan fingerprint density at radius 1 is 1.27 bits per heavy atom. The summed E-state index contributed by atoms with van der Waals surface area (Å²) >= 11 is 7.17. The SMILES string of the molecule is O=C(Nc1ccccn1)c1c([O-])[n+](Cc2cnc(Cl)s2)c2ccccn12. The maximum absolute atomic E-state index is 12.9. The van der Waals surface area contributed by atoms with Crippen LogP contribution < -0.4 is 15.0 Å². The summed E-state index contributed by atoms with van der Waals surface area (Å²) in [6, 6.07) is 10.5. The van der Waals surface area contributed by atoms with E-state index in [1.807, 2.05) is 6.07 Å². The smallest absolute Gasteiger partial charge is 0.300 e. The molecule has 1 N–H and O–H groups in total. The molecule has 0 atom stereocenters. The monoisotopic (exact) mass is 385 g/mol. The van der Waals surface area contributed by atoms with Crippen molar-refractivity contribution in [2.24, 2.45) is 0 Å². The highest BCUT2D eigenvalue weighted by Crippen LogP contribution is 2.21. The van der Waals surface area contributed by atoms with Crippen molar-refractivity contribution in [3.8, 4) is 5.88 Å². The van der Waals surface area contributed by atoms with Crippen molar-refractivity contribution < 1.29 is 14.5 Å². The summed E-state index contributed by atoms with van der Waals surface area (Å²) in [6.07, 6.45) is 4.87. The van der Waals surface area contributed by atoms with Gasteiger partial charge in [-0.2, -0.15) is 4.40 Å². The highest BCUT2D eigenvalue weighted by molar-refractivity contribution is 7.15. The minimum atomic E-state index is -0.518. The van der Waals surface area contributed by atoms with Crippen molar-refractivity contribution in [2.45, 2.75) is 6.54 Å². The van der Waals surface area contributed by atoms with Crippen LogP contribution in [0, 0.1) is 0 Å². The van der Waals surface area contributed by atoms with Crippen molar-refractivity contribution in [3.63, 3.8) is 0 Å². The number of nitrogens with one attached hydrogen (secondary N) is 1. The quantitative estimate of drug-likeness (QED) is 0.545. The Balaban J connectivity index is 1.77. The Labute approximate surface area is 157 Å². The molecule has 130 valence electrons. The van der Waals surface area contributed by atoms with E-state index in [1.165, 1.54) is 15.9 Å². The van der Waals surface area contributed by atoms with E-state index in [0.717, 1.165) is 4.88 Å². The molecule has 0 fully saturated rings. The van der Waals surface area contributed by atoms with Crippen molar-refractivity contribution >= 4 is 40.3 Å². The van der Waals surface area contributed by atoms with Crippen LogP contribution in [0.15, 0.2) is 55.0 Å². The van der Waals surface area contributed by atoms with Crippen LogP contribution in [0.2, 0.25) is 4.47 Å². The second kappa shape index (κ2) is 6.74. The van der Waals surface area contributed by atoms with E-state index in [4.69, 9.17) is 11.6 Å². The summed E-state index contributed by atoms with van der Waals surface area (Å²) in [6.45, 7) is 0.285. The molecule has 7 nitrogen and oxygen atoms in total. The van der Waals surface area contributed by atoms with Crippen LogP contribution in [-0.2, 0) is 6.54 Å². The normalized spacial score (nSPS) is 11.0. The van der Waals surface area contributed by atoms with Crippen molar-refractivity contribution in [1.82, 2.24) is 14.4 Å². The molecular weight excluding hydrogens is 374 g/mol. The number of hydrogen-bond donors (Lipinski definition) is 1. The average Bonchev–Trinajstić information content (AvgIpc) is 3.17. The predicted octanol–water partition coefficient (Wildman–Crippen LogP) is 2.11. The predicted molar refractivity (Wildman–Crippen MR) is 95.5 cm³/mol. The fraction of sp³-hybridized carbons (Fsp3) is 0.0588. The molecule has 4 heterocycles. The van der Waals surface area contributed by atoms with Crippen LogP contribution >= 0.6 is 22.9 Å². The molecule has 26 heavy (non-hydrogen) atoms. The third-order valence-corrected chi connectivity index (χ3v) is 4.86. The molecule has 0 aliphatic carbocycles. The maximum atomic E-state index is 12.9. The number of carbonyl (C=O) groups excluding carboxylic acids is 1. The van der Waals surface area contributed by atoms with Crippen molar-refractivity contribution in [1.29, 1.82) is 0 Å². The lowest BCUT2D eigenvalue weighted by Gasteiger charge is -2.06. The molecule has 0 bridgehead atoms. The minimum Gasteiger partial charge on any atom is -0.839 e. The summed E-state index contributed by atoms with van der Waals surface area (Å²) in [5.74, 6) is -0.534. The molecule has 0 aliphatic heterocycles. The van der Waals surface area contributed by atoms with Crippen LogP contribution in [0.4, 0.5) is 5.82 Å². The summed E-state index contributed by atoms with van der Waals surface area (Å²) in [5, 5.41) is 15.6. The zero-order chi connectivity index (χ0) is 18.1. The van der Waals surface area contributed by atoms with E-state index >= 15 is 0 Å². The van der Waals surface area contributed by atoms with Crippen LogP contribution in [0.3, 0.4) is 0 Å². The second-order valence-corrected chi connectivity index (χ2v) is 7.11. The molecule has 9 heteroatoms. The fourth-order valence-corrected chi connectivity index (χ4v) is 3.63. The van der Waals surface area contributed by atoms with Crippen LogP contribution in [0.1, 0.15) is 15.4 Å². The fourth-order valence-electron chi connectivity index (χ4n) is 2.66. The molecule has 4 aromatic rings. The lowest BCUT2D eigenvalue weighted by molar-refractivity contribution is -0.704. The molecule has 0 radical (unpaired) electrons. The summed E-state index contributed by atoms with van der Waals surface area (Å²) in [4.78, 5) is 21.6. The highest BCUT2D eigenvalue weighted by Gasteiger charge is 2.25. The third kappa shape index (κ3) is 3.00. The van der Waals surface area contributed by atoms with Gasteiger partial charge >= 0.3 is 0 Å². The molecule has 4 aromatic heterocycles. The van der Waals surface area contributed by atoms with Gasteiger partial charge in [0.15, 0.2) is 4.47 Å². The third-order valence-electron chi connectivity index (χ3n) is 3.76. The first-order valence-corrected chi connectivity index (χ1v) is 8.85. The topological polar surface area (TPSA) is 86.2 Å². The van der Waals surface area contributed by atoms with Gasteiger partial charge in [0.1, 0.15) is 18.2 Å². The van der Waals surface area contributed by atoms with Gasteiger partial charge in [0.25, 0.3) is 11.6 Å². The largest absolute Gasteiger partial charge is 0.839 e. The number of imidazole rings is 1. The number of pyridine rings is 2. The Kier molecular flexibility index (Phi) is 4.27. The molecule has 0 spiro atoms. The lowest BCUT2D eigenvalue weighted by Crippen LogP contribution is -2.36. The standard InChI is InChI=1S/C17H12ClN5O2S/c18-17-20-9-11(26-17)10-23-13-6-2-4-8-22(13)14(16(23)25)15(24)21-12-5-1-3-7-19-12/h1-9H,10H2,(H-,19,21,24,25).